The first kappa shape index (κ1) is 14.9. The summed E-state index contributed by atoms with van der Waals surface area (Å²) in [7, 11) is -3.79. The molecule has 7 heteroatoms. The van der Waals surface area contributed by atoms with Crippen LogP contribution in [0.1, 0.15) is 10.8 Å². The van der Waals surface area contributed by atoms with E-state index in [0.717, 1.165) is 0 Å². The van der Waals surface area contributed by atoms with Crippen LogP contribution in [0, 0.1) is 0 Å². The van der Waals surface area contributed by atoms with Crippen molar-refractivity contribution in [3.63, 3.8) is 0 Å². The number of carbonyl (C=O) groups is 1. The number of anilines is 1. The van der Waals surface area contributed by atoms with E-state index in [-0.39, 0.29) is 4.90 Å². The highest BCUT2D eigenvalue weighted by Gasteiger charge is 2.45. The SMILES string of the molecule is NC(=O)[C@H]1Nc2ccc(Cl)cc2[C@@H]1S(=O)(=O)c1ccccc1. The standard InChI is InChI=1S/C15H13ClN2O3S/c16-9-6-7-12-11(8-9)14(13(18-12)15(17)19)22(20,21)10-4-2-1-3-5-10/h1-8,13-14,18H,(H2,17,19)/t13-,14-/m0/s1. The van der Waals surface area contributed by atoms with Crippen LogP contribution in [0.3, 0.4) is 0 Å². The minimum atomic E-state index is -3.79. The van der Waals surface area contributed by atoms with E-state index in [0.29, 0.717) is 16.3 Å². The lowest BCUT2D eigenvalue weighted by Crippen LogP contribution is -2.39. The maximum absolute atomic E-state index is 12.9. The summed E-state index contributed by atoms with van der Waals surface area (Å²) in [6, 6.07) is 11.8. The lowest BCUT2D eigenvalue weighted by Gasteiger charge is -2.18. The topological polar surface area (TPSA) is 89.3 Å². The van der Waals surface area contributed by atoms with Gasteiger partial charge in [-0.3, -0.25) is 4.79 Å². The van der Waals surface area contributed by atoms with Gasteiger partial charge in [0.15, 0.2) is 9.84 Å². The average molecular weight is 337 g/mol. The number of fused-ring (bicyclic) bond motifs is 1. The number of carbonyl (C=O) groups excluding carboxylic acids is 1. The van der Waals surface area contributed by atoms with Crippen molar-refractivity contribution < 1.29 is 13.2 Å². The van der Waals surface area contributed by atoms with Crippen LogP contribution in [0.25, 0.3) is 0 Å². The molecule has 2 atom stereocenters. The van der Waals surface area contributed by atoms with E-state index in [1.807, 2.05) is 0 Å². The Balaban J connectivity index is 2.19. The van der Waals surface area contributed by atoms with E-state index in [1.54, 1.807) is 36.4 Å². The van der Waals surface area contributed by atoms with Crippen molar-refractivity contribution in [3.8, 4) is 0 Å². The molecule has 114 valence electrons. The van der Waals surface area contributed by atoms with Gasteiger partial charge in [-0.15, -0.1) is 0 Å². The van der Waals surface area contributed by atoms with Gasteiger partial charge in [-0.2, -0.15) is 0 Å². The van der Waals surface area contributed by atoms with Gasteiger partial charge in [0.2, 0.25) is 5.91 Å². The molecule has 2 aromatic rings. The van der Waals surface area contributed by atoms with Crippen LogP contribution in [-0.2, 0) is 14.6 Å². The highest BCUT2D eigenvalue weighted by molar-refractivity contribution is 7.91. The molecule has 5 nitrogen and oxygen atoms in total. The highest BCUT2D eigenvalue weighted by atomic mass is 35.5. The molecule has 0 unspecified atom stereocenters. The van der Waals surface area contributed by atoms with Gasteiger partial charge >= 0.3 is 0 Å². The number of primary amides is 1. The van der Waals surface area contributed by atoms with E-state index in [1.165, 1.54) is 12.1 Å². The van der Waals surface area contributed by atoms with Crippen molar-refractivity contribution in [3.05, 3.63) is 59.1 Å². The Labute approximate surface area is 133 Å². The molecule has 0 aromatic heterocycles. The lowest BCUT2D eigenvalue weighted by atomic mass is 10.1. The minimum absolute atomic E-state index is 0.140. The molecule has 0 spiro atoms. The maximum Gasteiger partial charge on any atom is 0.241 e. The van der Waals surface area contributed by atoms with Crippen LogP contribution in [-0.4, -0.2) is 20.4 Å². The Morgan fingerprint density at radius 3 is 2.45 bits per heavy atom. The first-order valence-corrected chi connectivity index (χ1v) is 8.48. The zero-order chi connectivity index (χ0) is 15.9. The van der Waals surface area contributed by atoms with E-state index in [9.17, 15) is 13.2 Å². The second-order valence-corrected chi connectivity index (χ2v) is 7.54. The van der Waals surface area contributed by atoms with Gasteiger partial charge in [-0.05, 0) is 35.9 Å². The zero-order valence-electron chi connectivity index (χ0n) is 11.4. The van der Waals surface area contributed by atoms with Crippen LogP contribution in [0.2, 0.25) is 5.02 Å². The molecule has 1 aliphatic rings. The zero-order valence-corrected chi connectivity index (χ0v) is 12.9. The molecule has 2 aromatic carbocycles. The Bertz CT molecular complexity index is 837. The molecular formula is C15H13ClN2O3S. The Morgan fingerprint density at radius 2 is 1.82 bits per heavy atom. The molecule has 3 N–H and O–H groups in total. The molecule has 1 heterocycles. The summed E-state index contributed by atoms with van der Waals surface area (Å²) in [5.41, 5.74) is 6.39. The molecule has 22 heavy (non-hydrogen) atoms. The van der Waals surface area contributed by atoms with E-state index < -0.39 is 27.0 Å². The molecule has 3 rings (SSSR count). The molecule has 0 saturated carbocycles. The number of halogens is 1. The van der Waals surface area contributed by atoms with Crippen molar-refractivity contribution >= 4 is 33.0 Å². The van der Waals surface area contributed by atoms with Crippen LogP contribution >= 0.6 is 11.6 Å². The van der Waals surface area contributed by atoms with E-state index in [2.05, 4.69) is 5.32 Å². The Kier molecular flexibility index (Phi) is 3.58. The second-order valence-electron chi connectivity index (χ2n) is 5.03. The summed E-state index contributed by atoms with van der Waals surface area (Å²) in [4.78, 5) is 11.8. The van der Waals surface area contributed by atoms with Crippen molar-refractivity contribution in [2.75, 3.05) is 5.32 Å². The summed E-state index contributed by atoms with van der Waals surface area (Å²) in [5.74, 6) is -0.725. The summed E-state index contributed by atoms with van der Waals surface area (Å²) in [6.07, 6.45) is 0. The molecule has 1 amide bonds. The first-order chi connectivity index (χ1) is 10.4. The number of nitrogens with one attached hydrogen (secondary N) is 1. The van der Waals surface area contributed by atoms with Gasteiger partial charge in [0.1, 0.15) is 11.3 Å². The minimum Gasteiger partial charge on any atom is -0.372 e. The quantitative estimate of drug-likeness (QED) is 0.898. The third-order valence-corrected chi connectivity index (χ3v) is 6.01. The molecular weight excluding hydrogens is 324 g/mol. The predicted octanol–water partition coefficient (Wildman–Crippen LogP) is 2.13. The fraction of sp³-hybridized carbons (Fsp3) is 0.133. The fourth-order valence-electron chi connectivity index (χ4n) is 2.65. The van der Waals surface area contributed by atoms with E-state index in [4.69, 9.17) is 17.3 Å². The molecule has 0 radical (unpaired) electrons. The summed E-state index contributed by atoms with van der Waals surface area (Å²) in [6.45, 7) is 0. The van der Waals surface area contributed by atoms with Gasteiger partial charge in [0, 0.05) is 10.7 Å². The normalized spacial score (nSPS) is 20.2. The van der Waals surface area contributed by atoms with Crippen molar-refractivity contribution in [2.24, 2.45) is 5.73 Å². The smallest absolute Gasteiger partial charge is 0.241 e. The van der Waals surface area contributed by atoms with Gasteiger partial charge in [0.25, 0.3) is 0 Å². The number of amides is 1. The number of hydrogen-bond donors (Lipinski definition) is 2. The molecule has 0 saturated heterocycles. The summed E-state index contributed by atoms with van der Waals surface area (Å²) in [5, 5.41) is 2.18. The number of hydrogen-bond acceptors (Lipinski definition) is 4. The van der Waals surface area contributed by atoms with Crippen molar-refractivity contribution in [1.29, 1.82) is 0 Å². The lowest BCUT2D eigenvalue weighted by molar-refractivity contribution is -0.118. The van der Waals surface area contributed by atoms with Crippen molar-refractivity contribution in [1.82, 2.24) is 0 Å². The van der Waals surface area contributed by atoms with Gasteiger partial charge < -0.3 is 11.1 Å². The number of sulfone groups is 1. The maximum atomic E-state index is 12.9. The summed E-state index contributed by atoms with van der Waals surface area (Å²) >= 11 is 5.97. The summed E-state index contributed by atoms with van der Waals surface area (Å²) < 4.78 is 25.9. The van der Waals surface area contributed by atoms with Gasteiger partial charge in [-0.1, -0.05) is 29.8 Å². The first-order valence-electron chi connectivity index (χ1n) is 6.55. The van der Waals surface area contributed by atoms with Gasteiger partial charge in [0.05, 0.1) is 4.90 Å². The van der Waals surface area contributed by atoms with Crippen LogP contribution in [0.5, 0.6) is 0 Å². The second kappa shape index (κ2) is 5.30. The molecule has 0 bridgehead atoms. The largest absolute Gasteiger partial charge is 0.372 e. The molecule has 1 aliphatic heterocycles. The van der Waals surface area contributed by atoms with E-state index >= 15 is 0 Å². The number of rotatable bonds is 3. The Morgan fingerprint density at radius 1 is 1.14 bits per heavy atom. The molecule has 0 aliphatic carbocycles. The third-order valence-electron chi connectivity index (χ3n) is 3.65. The van der Waals surface area contributed by atoms with Gasteiger partial charge in [-0.25, -0.2) is 8.42 Å². The van der Waals surface area contributed by atoms with Crippen molar-refractivity contribution in [2.45, 2.75) is 16.2 Å². The number of nitrogens with two attached hydrogens (primary N) is 1. The fourth-order valence-corrected chi connectivity index (χ4v) is 4.75. The van der Waals surface area contributed by atoms with Crippen LogP contribution in [0.15, 0.2) is 53.4 Å². The molecule has 0 fully saturated rings. The average Bonchev–Trinajstić information content (AvgIpc) is 2.87. The van der Waals surface area contributed by atoms with Crippen LogP contribution < -0.4 is 11.1 Å². The predicted molar refractivity (Wildman–Crippen MR) is 84.4 cm³/mol. The van der Waals surface area contributed by atoms with Crippen LogP contribution in [0.4, 0.5) is 5.69 Å². The monoisotopic (exact) mass is 336 g/mol. The highest BCUT2D eigenvalue weighted by Crippen LogP contribution is 2.43. The Hall–Kier alpha value is -2.05. The number of benzene rings is 2. The third kappa shape index (κ3) is 2.34.